The summed E-state index contributed by atoms with van der Waals surface area (Å²) < 4.78 is 36.1. The number of methoxy groups -OCH3 is 1. The average Bonchev–Trinajstić information content (AvgIpc) is 2.94. The number of ether oxygens (including phenoxy) is 2. The van der Waals surface area contributed by atoms with Gasteiger partial charge in [0.05, 0.1) is 23.8 Å². The van der Waals surface area contributed by atoms with Crippen molar-refractivity contribution in [3.05, 3.63) is 35.6 Å². The summed E-state index contributed by atoms with van der Waals surface area (Å²) in [6.45, 7) is 13.0. The van der Waals surface area contributed by atoms with Crippen LogP contribution in [0, 0.1) is 5.82 Å². The fourth-order valence-electron chi connectivity index (χ4n) is 3.59. The van der Waals surface area contributed by atoms with Gasteiger partial charge < -0.3 is 29.4 Å². The van der Waals surface area contributed by atoms with Crippen LogP contribution in [0.4, 0.5) is 9.18 Å². The van der Waals surface area contributed by atoms with Crippen molar-refractivity contribution in [2.75, 3.05) is 13.7 Å². The van der Waals surface area contributed by atoms with Gasteiger partial charge in [-0.25, -0.2) is 9.18 Å². The van der Waals surface area contributed by atoms with E-state index in [-0.39, 0.29) is 12.4 Å². The first-order valence-corrected chi connectivity index (χ1v) is 12.0. The molecule has 0 aliphatic carbocycles. The highest BCUT2D eigenvalue weighted by Gasteiger charge is 2.54. The van der Waals surface area contributed by atoms with Crippen LogP contribution in [0.1, 0.15) is 66.9 Å². The zero-order valence-electron chi connectivity index (χ0n) is 22.2. The molecule has 1 heterocycles. The van der Waals surface area contributed by atoms with E-state index in [1.165, 1.54) is 19.2 Å². The van der Waals surface area contributed by atoms with Gasteiger partial charge in [-0.15, -0.1) is 0 Å². The van der Waals surface area contributed by atoms with Crippen molar-refractivity contribution < 1.29 is 32.8 Å². The number of halogens is 1. The van der Waals surface area contributed by atoms with E-state index in [2.05, 4.69) is 10.6 Å². The predicted octanol–water partition coefficient (Wildman–Crippen LogP) is 3.80. The van der Waals surface area contributed by atoms with E-state index >= 15 is 0 Å². The van der Waals surface area contributed by atoms with Gasteiger partial charge in [0.2, 0.25) is 5.91 Å². The van der Waals surface area contributed by atoms with Crippen LogP contribution in [-0.2, 0) is 30.0 Å². The number of carbonyl (C=O) groups excluding carboxylic acids is 2. The third-order valence-corrected chi connectivity index (χ3v) is 6.16. The lowest BCUT2D eigenvalue weighted by molar-refractivity contribution is -0.124. The molecule has 10 heteroatoms. The summed E-state index contributed by atoms with van der Waals surface area (Å²) in [5.74, 6) is -1.19. The van der Waals surface area contributed by atoms with E-state index in [4.69, 9.17) is 18.8 Å². The van der Waals surface area contributed by atoms with Crippen molar-refractivity contribution in [3.63, 3.8) is 0 Å². The summed E-state index contributed by atoms with van der Waals surface area (Å²) >= 11 is 0. The van der Waals surface area contributed by atoms with Crippen LogP contribution >= 0.6 is 0 Å². The number of hydrogen-bond donors (Lipinski definition) is 2. The number of hydrogen-bond acceptors (Lipinski definition) is 6. The van der Waals surface area contributed by atoms with E-state index in [0.717, 1.165) is 5.56 Å². The summed E-state index contributed by atoms with van der Waals surface area (Å²) in [6.07, 6.45) is 1.24. The number of carbonyl (C=O) groups is 2. The number of rotatable bonds is 10. The molecule has 0 unspecified atom stereocenters. The highest BCUT2D eigenvalue weighted by Crippen LogP contribution is 2.38. The average molecular weight is 494 g/mol. The molecule has 1 saturated heterocycles. The van der Waals surface area contributed by atoms with Crippen molar-refractivity contribution in [2.24, 2.45) is 0 Å². The van der Waals surface area contributed by atoms with E-state index in [1.807, 2.05) is 27.7 Å². The molecule has 1 aromatic rings. The second kappa shape index (κ2) is 11.7. The fraction of sp³-hybridized carbons (Fsp3) is 0.680. The fourth-order valence-corrected chi connectivity index (χ4v) is 3.59. The molecule has 1 aliphatic rings. The minimum atomic E-state index is -0.961. The molecule has 1 aromatic carbocycles. The van der Waals surface area contributed by atoms with Gasteiger partial charge in [0, 0.05) is 7.11 Å². The van der Waals surface area contributed by atoms with Crippen LogP contribution in [-0.4, -0.2) is 61.6 Å². The smallest absolute Gasteiger partial charge is 0.444 e. The molecule has 35 heavy (non-hydrogen) atoms. The Morgan fingerprint density at radius 1 is 1.06 bits per heavy atom. The SMILES string of the molecule is COC[C@@H](NC(=O)OC(C)(C)C)C(=O)N[C@@H](CCCc1ccc(F)cc1)B1OC(C)(C)C(C)(C)O1. The molecular formula is C25H40BFN2O6. The van der Waals surface area contributed by atoms with Crippen molar-refractivity contribution in [2.45, 2.75) is 96.5 Å². The van der Waals surface area contributed by atoms with Crippen LogP contribution in [0.3, 0.4) is 0 Å². The molecule has 2 N–H and O–H groups in total. The van der Waals surface area contributed by atoms with Crippen molar-refractivity contribution in [3.8, 4) is 0 Å². The second-order valence-electron chi connectivity index (χ2n) is 10.9. The van der Waals surface area contributed by atoms with Gasteiger partial charge in [-0.3, -0.25) is 4.79 Å². The van der Waals surface area contributed by atoms with Crippen LogP contribution in [0.2, 0.25) is 0 Å². The zero-order valence-corrected chi connectivity index (χ0v) is 22.2. The molecule has 196 valence electrons. The molecule has 8 nitrogen and oxygen atoms in total. The van der Waals surface area contributed by atoms with Gasteiger partial charge in [-0.1, -0.05) is 12.1 Å². The molecule has 1 aliphatic heterocycles. The van der Waals surface area contributed by atoms with Crippen LogP contribution in [0.25, 0.3) is 0 Å². The van der Waals surface area contributed by atoms with Crippen molar-refractivity contribution in [1.29, 1.82) is 0 Å². The van der Waals surface area contributed by atoms with Gasteiger partial charge in [0.25, 0.3) is 0 Å². The molecule has 1 fully saturated rings. The molecule has 2 amide bonds. The summed E-state index contributed by atoms with van der Waals surface area (Å²) in [5, 5.41) is 5.56. The normalized spacial score (nSPS) is 18.6. The molecule has 0 spiro atoms. The zero-order chi connectivity index (χ0) is 26.4. The maximum atomic E-state index is 13.2. The third-order valence-electron chi connectivity index (χ3n) is 6.16. The Bertz CT molecular complexity index is 841. The molecule has 2 atom stereocenters. The first-order chi connectivity index (χ1) is 16.1. The lowest BCUT2D eigenvalue weighted by atomic mass is 9.75. The van der Waals surface area contributed by atoms with Crippen molar-refractivity contribution in [1.82, 2.24) is 10.6 Å². The monoisotopic (exact) mass is 494 g/mol. The van der Waals surface area contributed by atoms with Crippen LogP contribution in [0.5, 0.6) is 0 Å². The van der Waals surface area contributed by atoms with Crippen molar-refractivity contribution >= 4 is 19.1 Å². The van der Waals surface area contributed by atoms with Gasteiger partial charge in [0.1, 0.15) is 17.5 Å². The minimum Gasteiger partial charge on any atom is -0.444 e. The number of benzene rings is 1. The summed E-state index contributed by atoms with van der Waals surface area (Å²) in [6, 6.07) is 5.40. The van der Waals surface area contributed by atoms with E-state index < -0.39 is 47.9 Å². The maximum Gasteiger partial charge on any atom is 0.481 e. The predicted molar refractivity (Wildman–Crippen MR) is 132 cm³/mol. The Morgan fingerprint density at radius 2 is 1.63 bits per heavy atom. The Labute approximate surface area is 208 Å². The van der Waals surface area contributed by atoms with Gasteiger partial charge in [-0.2, -0.15) is 0 Å². The molecule has 0 saturated carbocycles. The summed E-state index contributed by atoms with van der Waals surface area (Å²) in [7, 11) is 0.771. The van der Waals surface area contributed by atoms with Crippen LogP contribution in [0.15, 0.2) is 24.3 Å². The first kappa shape index (κ1) is 29.1. The van der Waals surface area contributed by atoms with E-state index in [9.17, 15) is 14.0 Å². The van der Waals surface area contributed by atoms with Gasteiger partial charge in [-0.05, 0) is 85.4 Å². The second-order valence-corrected chi connectivity index (χ2v) is 10.9. The Balaban J connectivity index is 2.12. The number of amides is 2. The van der Waals surface area contributed by atoms with Gasteiger partial charge in [0.15, 0.2) is 0 Å². The summed E-state index contributed by atoms with van der Waals surface area (Å²) in [5.41, 5.74) is -0.852. The van der Waals surface area contributed by atoms with E-state index in [0.29, 0.717) is 19.3 Å². The Hall–Kier alpha value is -2.17. The highest BCUT2D eigenvalue weighted by molar-refractivity contribution is 6.48. The number of alkyl carbamates (subject to hydrolysis) is 1. The minimum absolute atomic E-state index is 0.0310. The molecule has 0 radical (unpaired) electrons. The highest BCUT2D eigenvalue weighted by atomic mass is 19.1. The molecule has 2 rings (SSSR count). The maximum absolute atomic E-state index is 13.2. The quantitative estimate of drug-likeness (QED) is 0.481. The number of nitrogens with one attached hydrogen (secondary N) is 2. The van der Waals surface area contributed by atoms with E-state index in [1.54, 1.807) is 32.9 Å². The third kappa shape index (κ3) is 8.77. The largest absolute Gasteiger partial charge is 0.481 e. The molecular weight excluding hydrogens is 454 g/mol. The molecule has 0 aromatic heterocycles. The lowest BCUT2D eigenvalue weighted by Gasteiger charge is -2.32. The lowest BCUT2D eigenvalue weighted by Crippen LogP contribution is -2.56. The Kier molecular flexibility index (Phi) is 9.73. The van der Waals surface area contributed by atoms with Gasteiger partial charge >= 0.3 is 13.2 Å². The van der Waals surface area contributed by atoms with Crippen LogP contribution < -0.4 is 10.6 Å². The molecule has 0 bridgehead atoms. The number of aryl methyl sites for hydroxylation is 1. The summed E-state index contributed by atoms with van der Waals surface area (Å²) in [4.78, 5) is 25.4. The Morgan fingerprint density at radius 3 is 2.14 bits per heavy atom. The first-order valence-electron chi connectivity index (χ1n) is 12.0. The standard InChI is InChI=1S/C25H40BFN2O6/c1-23(2,3)33-22(31)28-19(16-32-8)21(30)29-20(26-34-24(4,5)25(6,7)35-26)11-9-10-17-12-14-18(27)15-13-17/h12-15,19-20H,9-11,16H2,1-8H3,(H,28,31)(H,29,30)/t19-,20+/m1/s1. The topological polar surface area (TPSA) is 95.1 Å².